The number of nitrogens with one attached hydrogen (secondary N) is 2. The summed E-state index contributed by atoms with van der Waals surface area (Å²) in [5.74, 6) is 0.356. The molecule has 0 atom stereocenters. The van der Waals surface area contributed by atoms with E-state index in [4.69, 9.17) is 5.14 Å². The Balaban J connectivity index is 1.73. The summed E-state index contributed by atoms with van der Waals surface area (Å²) in [5.41, 5.74) is 3.41. The second kappa shape index (κ2) is 8.13. The topological polar surface area (TPSA) is 131 Å². The van der Waals surface area contributed by atoms with Crippen LogP contribution in [0.1, 0.15) is 27.0 Å². The average Bonchev–Trinajstić information content (AvgIpc) is 3.16. The summed E-state index contributed by atoms with van der Waals surface area (Å²) < 4.78 is 23.3. The molecular formula is C18H19N5O3S2. The highest BCUT2D eigenvalue weighted by atomic mass is 32.2. The molecule has 0 fully saturated rings. The van der Waals surface area contributed by atoms with Crippen LogP contribution in [0.25, 0.3) is 0 Å². The molecule has 1 aromatic heterocycles. The Morgan fingerprint density at radius 1 is 1.21 bits per heavy atom. The van der Waals surface area contributed by atoms with Crippen molar-refractivity contribution in [3.05, 3.63) is 65.0 Å². The van der Waals surface area contributed by atoms with Crippen molar-refractivity contribution >= 4 is 33.4 Å². The summed E-state index contributed by atoms with van der Waals surface area (Å²) in [6.45, 7) is 3.57. The third-order valence-corrected chi connectivity index (χ3v) is 6.04. The van der Waals surface area contributed by atoms with E-state index in [1.54, 1.807) is 19.1 Å². The van der Waals surface area contributed by atoms with Gasteiger partial charge in [-0.25, -0.2) is 18.5 Å². The highest BCUT2D eigenvalue weighted by Crippen LogP contribution is 2.24. The highest BCUT2D eigenvalue weighted by Gasteiger charge is 2.15. The lowest BCUT2D eigenvalue weighted by atomic mass is 10.1. The minimum Gasteiger partial charge on any atom is -0.322 e. The summed E-state index contributed by atoms with van der Waals surface area (Å²) in [4.78, 5) is 16.6. The molecule has 0 aliphatic heterocycles. The summed E-state index contributed by atoms with van der Waals surface area (Å²) in [6, 6.07) is 10.0. The fraction of sp³-hybridized carbons (Fsp3) is 0.167. The van der Waals surface area contributed by atoms with E-state index >= 15 is 0 Å². The average molecular weight is 418 g/mol. The van der Waals surface area contributed by atoms with Crippen LogP contribution >= 0.6 is 11.8 Å². The lowest BCUT2D eigenvalue weighted by Crippen LogP contribution is -2.16. The first kappa shape index (κ1) is 20.1. The maximum Gasteiger partial charge on any atom is 0.255 e. The molecule has 0 saturated heterocycles. The molecular weight excluding hydrogens is 398 g/mol. The fourth-order valence-electron chi connectivity index (χ4n) is 2.48. The first-order chi connectivity index (χ1) is 13.2. The molecule has 1 amide bonds. The zero-order valence-corrected chi connectivity index (χ0v) is 16.9. The largest absolute Gasteiger partial charge is 0.322 e. The number of amides is 1. The van der Waals surface area contributed by atoms with Crippen LogP contribution in [0, 0.1) is 13.8 Å². The summed E-state index contributed by atoms with van der Waals surface area (Å²) >= 11 is 1.51. The molecule has 0 aliphatic rings. The van der Waals surface area contributed by atoms with Gasteiger partial charge in [0, 0.05) is 17.0 Å². The second-order valence-corrected chi connectivity index (χ2v) is 8.71. The van der Waals surface area contributed by atoms with Crippen LogP contribution in [-0.4, -0.2) is 29.5 Å². The minimum atomic E-state index is -3.86. The second-order valence-electron chi connectivity index (χ2n) is 6.19. The van der Waals surface area contributed by atoms with E-state index in [0.29, 0.717) is 17.0 Å². The van der Waals surface area contributed by atoms with Gasteiger partial charge >= 0.3 is 0 Å². The maximum absolute atomic E-state index is 12.6. The number of rotatable bonds is 6. The van der Waals surface area contributed by atoms with Crippen molar-refractivity contribution in [2.45, 2.75) is 29.7 Å². The number of hydrogen-bond acceptors (Lipinski definition) is 6. The number of carbonyl (C=O) groups is 1. The van der Waals surface area contributed by atoms with Crippen molar-refractivity contribution in [1.29, 1.82) is 0 Å². The monoisotopic (exact) mass is 417 g/mol. The van der Waals surface area contributed by atoms with E-state index in [2.05, 4.69) is 20.5 Å². The van der Waals surface area contributed by atoms with Gasteiger partial charge in [0.15, 0.2) is 5.16 Å². The number of carbonyl (C=O) groups excluding carboxylic acids is 1. The van der Waals surface area contributed by atoms with Gasteiger partial charge in [0.1, 0.15) is 6.33 Å². The lowest BCUT2D eigenvalue weighted by Gasteiger charge is -2.13. The third-order valence-electron chi connectivity index (χ3n) is 4.20. The number of nitrogens with two attached hydrogens (primary N) is 1. The number of nitrogens with zero attached hydrogens (tertiary/aromatic N) is 2. The van der Waals surface area contributed by atoms with Crippen LogP contribution in [0.5, 0.6) is 0 Å². The number of aromatic nitrogens is 3. The number of hydrogen-bond donors (Lipinski definition) is 3. The van der Waals surface area contributed by atoms with Crippen LogP contribution in [0.3, 0.4) is 0 Å². The predicted molar refractivity (Wildman–Crippen MR) is 108 cm³/mol. The number of primary sulfonamides is 1. The molecule has 3 rings (SSSR count). The van der Waals surface area contributed by atoms with Gasteiger partial charge in [-0.05, 0) is 54.8 Å². The zero-order valence-electron chi connectivity index (χ0n) is 15.3. The van der Waals surface area contributed by atoms with Crippen molar-refractivity contribution in [3.8, 4) is 0 Å². The van der Waals surface area contributed by atoms with Gasteiger partial charge < -0.3 is 5.32 Å². The molecule has 0 aliphatic carbocycles. The van der Waals surface area contributed by atoms with Crippen LogP contribution in [0.4, 0.5) is 5.69 Å². The fourth-order valence-corrected chi connectivity index (χ4v) is 3.84. The number of H-pyrrole nitrogens is 1. The van der Waals surface area contributed by atoms with E-state index in [-0.39, 0.29) is 10.8 Å². The van der Waals surface area contributed by atoms with E-state index < -0.39 is 10.0 Å². The Kier molecular flexibility index (Phi) is 5.82. The van der Waals surface area contributed by atoms with E-state index in [9.17, 15) is 13.2 Å². The Morgan fingerprint density at radius 2 is 1.93 bits per heavy atom. The van der Waals surface area contributed by atoms with Gasteiger partial charge in [0.2, 0.25) is 10.0 Å². The summed E-state index contributed by atoms with van der Waals surface area (Å²) in [5, 5.41) is 15.3. The van der Waals surface area contributed by atoms with E-state index in [1.165, 1.54) is 30.2 Å². The molecule has 28 heavy (non-hydrogen) atoms. The number of aromatic amines is 1. The number of aryl methyl sites for hydroxylation is 1. The highest BCUT2D eigenvalue weighted by molar-refractivity contribution is 7.98. The number of thioether (sulfide) groups is 1. The minimum absolute atomic E-state index is 0.0364. The normalized spacial score (nSPS) is 11.4. The van der Waals surface area contributed by atoms with Crippen LogP contribution in [0.2, 0.25) is 0 Å². The quantitative estimate of drug-likeness (QED) is 0.528. The molecule has 1 heterocycles. The number of benzene rings is 2. The Hall–Kier alpha value is -2.69. The molecule has 0 unspecified atom stereocenters. The molecule has 3 aromatic rings. The standard InChI is InChI=1S/C18H19N5O3S2/c1-11-7-15(28(19,25)26)8-16(12(11)2)22-17(24)14-5-3-13(4-6-14)9-27-18-20-10-21-23-18/h3-8,10H,9H2,1-2H3,(H,22,24)(H2,19,25,26)(H,20,21,23). The van der Waals surface area contributed by atoms with Gasteiger partial charge in [-0.15, -0.1) is 0 Å². The van der Waals surface area contributed by atoms with Gasteiger partial charge in [-0.2, -0.15) is 5.10 Å². The van der Waals surface area contributed by atoms with Crippen LogP contribution in [0.15, 0.2) is 52.8 Å². The maximum atomic E-state index is 12.6. The molecule has 0 bridgehead atoms. The zero-order chi connectivity index (χ0) is 20.3. The molecule has 10 heteroatoms. The summed E-state index contributed by atoms with van der Waals surface area (Å²) in [6.07, 6.45) is 1.45. The van der Waals surface area contributed by atoms with Crippen molar-refractivity contribution in [1.82, 2.24) is 15.2 Å². The van der Waals surface area contributed by atoms with Crippen molar-refractivity contribution in [2.75, 3.05) is 5.32 Å². The third kappa shape index (κ3) is 4.77. The number of anilines is 1. The first-order valence-electron chi connectivity index (χ1n) is 8.26. The predicted octanol–water partition coefficient (Wildman–Crippen LogP) is 2.61. The van der Waals surface area contributed by atoms with E-state index in [0.717, 1.165) is 21.8 Å². The van der Waals surface area contributed by atoms with Crippen LogP contribution in [-0.2, 0) is 15.8 Å². The SMILES string of the molecule is Cc1cc(S(N)(=O)=O)cc(NC(=O)c2ccc(CSc3ncn[nH]3)cc2)c1C. The Labute approximate surface area is 167 Å². The smallest absolute Gasteiger partial charge is 0.255 e. The van der Waals surface area contributed by atoms with Crippen molar-refractivity contribution in [3.63, 3.8) is 0 Å². The molecule has 0 saturated carbocycles. The molecule has 4 N–H and O–H groups in total. The molecule has 2 aromatic carbocycles. The first-order valence-corrected chi connectivity index (χ1v) is 10.8. The lowest BCUT2D eigenvalue weighted by molar-refractivity contribution is 0.102. The van der Waals surface area contributed by atoms with Gasteiger partial charge in [0.25, 0.3) is 5.91 Å². The Morgan fingerprint density at radius 3 is 2.54 bits per heavy atom. The van der Waals surface area contributed by atoms with Gasteiger partial charge in [0.05, 0.1) is 4.90 Å². The molecule has 0 spiro atoms. The van der Waals surface area contributed by atoms with Gasteiger partial charge in [-0.3, -0.25) is 9.89 Å². The molecule has 8 nitrogen and oxygen atoms in total. The number of sulfonamides is 1. The van der Waals surface area contributed by atoms with Crippen LogP contribution < -0.4 is 10.5 Å². The van der Waals surface area contributed by atoms with Crippen molar-refractivity contribution < 1.29 is 13.2 Å². The van der Waals surface area contributed by atoms with Gasteiger partial charge in [-0.1, -0.05) is 23.9 Å². The summed E-state index contributed by atoms with van der Waals surface area (Å²) in [7, 11) is -3.86. The molecule has 146 valence electrons. The molecule has 0 radical (unpaired) electrons. The Bertz CT molecular complexity index is 1100. The van der Waals surface area contributed by atoms with E-state index in [1.807, 2.05) is 19.1 Å². The van der Waals surface area contributed by atoms with Crippen molar-refractivity contribution in [2.24, 2.45) is 5.14 Å².